The second kappa shape index (κ2) is 35.8. The summed E-state index contributed by atoms with van der Waals surface area (Å²) < 4.78 is 93.3. The van der Waals surface area contributed by atoms with Crippen molar-refractivity contribution in [2.24, 2.45) is 35.5 Å². The Bertz CT molecular complexity index is 2950. The van der Waals surface area contributed by atoms with Crippen molar-refractivity contribution >= 4 is 65.0 Å². The summed E-state index contributed by atoms with van der Waals surface area (Å²) >= 11 is 0. The van der Waals surface area contributed by atoms with Crippen LogP contribution in [0.2, 0.25) is 0 Å². The molecule has 7 rings (SSSR count). The molecule has 11 amide bonds. The number of ether oxygens (including phenoxy) is 1. The fraction of sp³-hybridized carbons (Fsp3) is 0.819. The van der Waals surface area contributed by atoms with Crippen molar-refractivity contribution in [1.29, 1.82) is 0 Å². The minimum atomic E-state index is -5.17. The lowest BCUT2D eigenvalue weighted by Gasteiger charge is -2.46. The summed E-state index contributed by atoms with van der Waals surface area (Å²) in [6, 6.07) is -9.66. The van der Waals surface area contributed by atoms with Crippen LogP contribution < -0.4 is 16.0 Å². The van der Waals surface area contributed by atoms with Crippen molar-refractivity contribution in [1.82, 2.24) is 55.1 Å². The Morgan fingerprint density at radius 3 is 1.85 bits per heavy atom. The van der Waals surface area contributed by atoms with E-state index in [1.165, 1.54) is 71.7 Å². The van der Waals surface area contributed by atoms with Crippen LogP contribution in [0.4, 0.5) is 26.3 Å². The third kappa shape index (κ3) is 20.0. The second-order valence-electron chi connectivity index (χ2n) is 30.6. The highest BCUT2D eigenvalue weighted by Crippen LogP contribution is 2.45. The van der Waals surface area contributed by atoms with E-state index in [1.807, 2.05) is 20.8 Å². The predicted octanol–water partition coefficient (Wildman–Crippen LogP) is 6.44. The van der Waals surface area contributed by atoms with E-state index < -0.39 is 200 Å². The molecule has 2 unspecified atom stereocenters. The highest BCUT2D eigenvalue weighted by atomic mass is 19.4. The van der Waals surface area contributed by atoms with Gasteiger partial charge in [0.15, 0.2) is 0 Å². The molecule has 2 saturated heterocycles. The van der Waals surface area contributed by atoms with Crippen LogP contribution in [0.1, 0.15) is 183 Å². The monoisotopic (exact) mass is 1440 g/mol. The highest BCUT2D eigenvalue weighted by molar-refractivity contribution is 6.00. The SMILES string of the molecule is CCO[C@@H]1C[C@H]2C(=O)NC3(CCC3)C(=O)N(C)[C@@H](C3CCCC3)C(=O)N(C)[C@H](C)CC(=O)N(C)[C@@H](CC(C)C)C(=O)N[C@@H]([C@@H](C)CC)C(=O)N(C)CC(=O)N(C)[C@H]3C/C=C\CCN(C3=O)[C@@H](CC3CCC(F)CC3)C(=O)N(C)CC(=O)N[C@@H](CCC3CC(F)C(C(F)(F)F)C(F)C3)C(=O)N2C1. The van der Waals surface area contributed by atoms with Crippen LogP contribution in [0, 0.1) is 35.5 Å². The second-order valence-corrected chi connectivity index (χ2v) is 30.6. The molecular formula is C72H113F6N11O12. The van der Waals surface area contributed by atoms with Gasteiger partial charge in [0.2, 0.25) is 65.0 Å². The zero-order valence-electron chi connectivity index (χ0n) is 61.4. The van der Waals surface area contributed by atoms with Crippen LogP contribution >= 0.6 is 0 Å². The zero-order valence-corrected chi connectivity index (χ0v) is 61.4. The largest absolute Gasteiger partial charge is 0.397 e. The third-order valence-corrected chi connectivity index (χ3v) is 22.9. The van der Waals surface area contributed by atoms with Crippen LogP contribution in [-0.2, 0) is 57.5 Å². The Labute approximate surface area is 592 Å². The molecule has 12 atom stereocenters. The van der Waals surface area contributed by atoms with Crippen molar-refractivity contribution in [3.05, 3.63) is 12.2 Å². The van der Waals surface area contributed by atoms with Gasteiger partial charge in [-0.25, -0.2) is 13.2 Å². The molecule has 0 aromatic carbocycles. The van der Waals surface area contributed by atoms with Crippen molar-refractivity contribution < 1.29 is 83.8 Å². The molecule has 4 aliphatic carbocycles. The number of nitrogens with zero attached hydrogens (tertiary/aromatic N) is 8. The van der Waals surface area contributed by atoms with Crippen LogP contribution in [0.5, 0.6) is 0 Å². The topological polar surface area (TPSA) is 259 Å². The molecule has 0 aromatic heterocycles. The fourth-order valence-electron chi connectivity index (χ4n) is 16.2. The van der Waals surface area contributed by atoms with E-state index in [1.54, 1.807) is 32.9 Å². The van der Waals surface area contributed by atoms with Gasteiger partial charge >= 0.3 is 6.18 Å². The van der Waals surface area contributed by atoms with Gasteiger partial charge < -0.3 is 59.9 Å². The molecule has 6 fully saturated rings. The van der Waals surface area contributed by atoms with Gasteiger partial charge in [0.25, 0.3) is 0 Å². The summed E-state index contributed by atoms with van der Waals surface area (Å²) in [7, 11) is 8.63. The Balaban J connectivity index is 1.29. The van der Waals surface area contributed by atoms with Gasteiger partial charge in [0, 0.05) is 80.9 Å². The quantitative estimate of drug-likeness (QED) is 0.141. The number of amides is 11. The maximum absolute atomic E-state index is 15.4. The minimum Gasteiger partial charge on any atom is -0.377 e. The summed E-state index contributed by atoms with van der Waals surface area (Å²) in [5.74, 6) is -12.5. The first kappa shape index (κ1) is 81.7. The van der Waals surface area contributed by atoms with E-state index >= 15 is 37.5 Å². The minimum absolute atomic E-state index is 0.0128. The Hall–Kier alpha value is -6.55. The number of halogens is 6. The lowest BCUT2D eigenvalue weighted by atomic mass is 9.74. The molecule has 4 saturated carbocycles. The number of rotatable bonds is 12. The van der Waals surface area contributed by atoms with E-state index in [4.69, 9.17) is 4.74 Å². The molecule has 0 aromatic rings. The Kier molecular flexibility index (Phi) is 28.9. The van der Waals surface area contributed by atoms with Gasteiger partial charge in [-0.2, -0.15) is 13.2 Å². The number of fused-ring (bicyclic) bond motifs is 3. The van der Waals surface area contributed by atoms with Gasteiger partial charge in [0.05, 0.1) is 19.2 Å². The van der Waals surface area contributed by atoms with Crippen molar-refractivity contribution in [3.8, 4) is 0 Å². The molecule has 0 radical (unpaired) electrons. The predicted molar refractivity (Wildman–Crippen MR) is 363 cm³/mol. The number of hydrogen-bond acceptors (Lipinski definition) is 12. The van der Waals surface area contributed by atoms with E-state index in [-0.39, 0.29) is 108 Å². The van der Waals surface area contributed by atoms with Crippen LogP contribution in [-0.4, -0.2) is 264 Å². The summed E-state index contributed by atoms with van der Waals surface area (Å²) in [6.45, 7) is 9.31. The standard InChI is InChI=1S/C72H113F6N11O12/c1-13-43(5)61-68(98)83(8)41-59(92)85(10)53-23-16-15-19-32-88(67(53)97)56(37-45-24-27-48(73)28-25-45)66(96)82(7)40-57(90)79-52(29-26-46-35-50(74)60(51(75)36-46)72(76,77)78)65(95)89-39-49(101-14-2)38-55(89)64(94)81-71(30-20-31-71)70(100)87(12)62(47-21-17-18-22-47)69(99)84(9)44(6)34-58(91)86(11)54(33-42(3)4)63(93)80-61/h15-16,42-56,60-62H,13-14,17-41H2,1-12H3,(H,79,90)(H,80,93)(H,81,94)/b16-15-/t43-,44+,45?,46?,48?,49+,50?,51?,52-,53-,54-,55-,56-,60?,61-,62-/m0/s1. The number of carbonyl (C=O) groups is 11. The summed E-state index contributed by atoms with van der Waals surface area (Å²) in [6.07, 6.45) is -5.64. The smallest absolute Gasteiger partial charge is 0.377 e. The van der Waals surface area contributed by atoms with Crippen molar-refractivity contribution in [2.75, 3.05) is 75.1 Å². The molecule has 1 spiro atoms. The maximum atomic E-state index is 15.4. The maximum Gasteiger partial charge on any atom is 0.397 e. The lowest BCUT2D eigenvalue weighted by Crippen LogP contribution is -2.68. The lowest BCUT2D eigenvalue weighted by molar-refractivity contribution is -0.219. The van der Waals surface area contributed by atoms with Crippen molar-refractivity contribution in [3.63, 3.8) is 0 Å². The Morgan fingerprint density at radius 1 is 0.634 bits per heavy atom. The van der Waals surface area contributed by atoms with Gasteiger partial charge in [0.1, 0.15) is 72.3 Å². The summed E-state index contributed by atoms with van der Waals surface area (Å²) in [5.41, 5.74) is -1.57. The summed E-state index contributed by atoms with van der Waals surface area (Å²) in [5, 5.41) is 8.58. The van der Waals surface area contributed by atoms with E-state index in [0.29, 0.717) is 38.5 Å². The first-order valence-corrected chi connectivity index (χ1v) is 36.9. The highest BCUT2D eigenvalue weighted by Gasteiger charge is 2.56. The van der Waals surface area contributed by atoms with Crippen LogP contribution in [0.25, 0.3) is 0 Å². The van der Waals surface area contributed by atoms with E-state index in [0.717, 1.165) is 22.6 Å². The van der Waals surface area contributed by atoms with E-state index in [9.17, 15) is 41.5 Å². The van der Waals surface area contributed by atoms with Gasteiger partial charge in [-0.05, 0) is 153 Å². The first-order valence-electron chi connectivity index (χ1n) is 36.9. The molecule has 2 bridgehead atoms. The number of likely N-dealkylation sites (N-methyl/N-ethyl adjacent to an activating group) is 6. The fourth-order valence-corrected chi connectivity index (χ4v) is 16.2. The molecule has 3 N–H and O–H groups in total. The third-order valence-electron chi connectivity index (χ3n) is 22.9. The molecule has 7 aliphatic rings. The average molecular weight is 1440 g/mol. The van der Waals surface area contributed by atoms with E-state index in [2.05, 4.69) is 16.0 Å². The number of carbonyl (C=O) groups excluding carboxylic acids is 11. The van der Waals surface area contributed by atoms with Gasteiger partial charge in [-0.1, -0.05) is 59.1 Å². The summed E-state index contributed by atoms with van der Waals surface area (Å²) in [4.78, 5) is 175. The molecule has 3 aliphatic heterocycles. The van der Waals surface area contributed by atoms with Crippen LogP contribution in [0.15, 0.2) is 12.2 Å². The molecule has 29 heteroatoms. The van der Waals surface area contributed by atoms with Gasteiger partial charge in [-0.15, -0.1) is 0 Å². The van der Waals surface area contributed by atoms with Crippen molar-refractivity contribution in [2.45, 2.75) is 267 Å². The molecule has 3 heterocycles. The van der Waals surface area contributed by atoms with Gasteiger partial charge in [-0.3, -0.25) is 52.7 Å². The average Bonchev–Trinajstić information content (AvgIpc) is 1.76. The van der Waals surface area contributed by atoms with Crippen LogP contribution in [0.3, 0.4) is 0 Å². The Morgan fingerprint density at radius 2 is 1.27 bits per heavy atom. The number of hydrogen-bond donors (Lipinski definition) is 3. The molecule has 23 nitrogen and oxygen atoms in total. The molecular weight excluding hydrogens is 1320 g/mol. The number of alkyl halides is 6. The normalized spacial score (nSPS) is 33.3. The zero-order chi connectivity index (χ0) is 74.7. The first-order chi connectivity index (χ1) is 47.5. The molecule has 570 valence electrons. The number of nitrogens with one attached hydrogen (secondary N) is 3. The molecule has 101 heavy (non-hydrogen) atoms.